The molecule has 0 saturated carbocycles. The van der Waals surface area contributed by atoms with E-state index in [0.717, 1.165) is 21.7 Å². The van der Waals surface area contributed by atoms with Crippen molar-refractivity contribution in [3.8, 4) is 5.75 Å². The fourth-order valence-electron chi connectivity index (χ4n) is 2.71. The van der Waals surface area contributed by atoms with E-state index in [2.05, 4.69) is 10.6 Å². The maximum Gasteiger partial charge on any atom is 0.282 e. The van der Waals surface area contributed by atoms with Gasteiger partial charge in [0.25, 0.3) is 11.8 Å². The van der Waals surface area contributed by atoms with Gasteiger partial charge in [0.1, 0.15) is 5.75 Å². The molecule has 0 bridgehead atoms. The highest BCUT2D eigenvalue weighted by Gasteiger charge is 2.25. The zero-order valence-electron chi connectivity index (χ0n) is 16.9. The van der Waals surface area contributed by atoms with Crippen LogP contribution in [0.1, 0.15) is 18.1 Å². The normalized spacial score (nSPS) is 12.8. The van der Waals surface area contributed by atoms with Gasteiger partial charge in [0.15, 0.2) is 12.6 Å². The van der Waals surface area contributed by atoms with Crippen molar-refractivity contribution in [2.75, 3.05) is 31.3 Å². The predicted octanol–water partition coefficient (Wildman–Crippen LogP) is 2.45. The van der Waals surface area contributed by atoms with E-state index in [1.165, 1.54) is 7.11 Å². The van der Waals surface area contributed by atoms with Gasteiger partial charge in [-0.05, 0) is 56.2 Å². The van der Waals surface area contributed by atoms with Crippen LogP contribution in [0, 0.1) is 13.8 Å². The maximum atomic E-state index is 12.6. The monoisotopic (exact) mass is 404 g/mol. The Morgan fingerprint density at radius 2 is 1.82 bits per heavy atom. The van der Waals surface area contributed by atoms with Crippen molar-refractivity contribution in [2.45, 2.75) is 26.8 Å². The molecule has 0 spiro atoms. The Morgan fingerprint density at radius 3 is 2.50 bits per heavy atom. The number of rotatable bonds is 7. The van der Waals surface area contributed by atoms with Crippen LogP contribution >= 0.6 is 11.6 Å². The minimum absolute atomic E-state index is 0.147. The van der Waals surface area contributed by atoms with E-state index in [0.29, 0.717) is 16.5 Å². The smallest absolute Gasteiger partial charge is 0.282 e. The van der Waals surface area contributed by atoms with Crippen molar-refractivity contribution >= 4 is 34.8 Å². The number of carbonyl (C=O) groups excluding carboxylic acids is 2. The number of hydrogen-bond acceptors (Lipinski definition) is 3. The minimum Gasteiger partial charge on any atom is -0.495 e. The summed E-state index contributed by atoms with van der Waals surface area (Å²) in [6, 6.07) is 10.5. The molecule has 2 amide bonds. The molecule has 1 unspecified atom stereocenters. The molecule has 0 aliphatic carbocycles. The number of quaternary nitrogens is 1. The molecule has 0 fully saturated rings. The van der Waals surface area contributed by atoms with Crippen LogP contribution in [0.2, 0.25) is 5.02 Å². The fourth-order valence-corrected chi connectivity index (χ4v) is 2.89. The Labute approximate surface area is 170 Å². The average Bonchev–Trinajstić information content (AvgIpc) is 2.64. The quantitative estimate of drug-likeness (QED) is 0.663. The molecule has 0 heterocycles. The van der Waals surface area contributed by atoms with Gasteiger partial charge >= 0.3 is 0 Å². The SMILES string of the molecule is COc1ccc(Cl)cc1NC(=O)[C@@H](C)[NH+](C)CC(=O)Nc1cc(C)ccc1C. The van der Waals surface area contributed by atoms with E-state index < -0.39 is 6.04 Å². The summed E-state index contributed by atoms with van der Waals surface area (Å²) in [5, 5.41) is 6.24. The van der Waals surface area contributed by atoms with E-state index in [1.54, 1.807) is 25.1 Å². The number of halogens is 1. The third kappa shape index (κ3) is 5.71. The van der Waals surface area contributed by atoms with Gasteiger partial charge in [-0.25, -0.2) is 0 Å². The predicted molar refractivity (Wildman–Crippen MR) is 112 cm³/mol. The van der Waals surface area contributed by atoms with Crippen molar-refractivity contribution < 1.29 is 19.2 Å². The lowest BCUT2D eigenvalue weighted by molar-refractivity contribution is -0.885. The zero-order valence-corrected chi connectivity index (χ0v) is 17.6. The van der Waals surface area contributed by atoms with Gasteiger partial charge in [0, 0.05) is 10.7 Å². The number of nitrogens with one attached hydrogen (secondary N) is 3. The molecule has 7 heteroatoms. The van der Waals surface area contributed by atoms with E-state index in [9.17, 15) is 9.59 Å². The van der Waals surface area contributed by atoms with Gasteiger partial charge in [-0.1, -0.05) is 23.7 Å². The van der Waals surface area contributed by atoms with Gasteiger partial charge in [-0.3, -0.25) is 9.59 Å². The highest BCUT2D eigenvalue weighted by atomic mass is 35.5. The van der Waals surface area contributed by atoms with Gasteiger partial charge in [-0.2, -0.15) is 0 Å². The second-order valence-electron chi connectivity index (χ2n) is 6.95. The number of anilines is 2. The molecule has 28 heavy (non-hydrogen) atoms. The standard InChI is InChI=1S/C21H26ClN3O3/c1-13-6-7-14(2)17(10-13)23-20(26)12-25(4)15(3)21(27)24-18-11-16(22)8-9-19(18)28-5/h6-11,15H,12H2,1-5H3,(H,23,26)(H,24,27)/p+1/t15-/m1/s1. The molecular weight excluding hydrogens is 378 g/mol. The van der Waals surface area contributed by atoms with Crippen LogP contribution in [0.25, 0.3) is 0 Å². The first kappa shape index (κ1) is 21.7. The summed E-state index contributed by atoms with van der Waals surface area (Å²) in [7, 11) is 3.33. The molecule has 2 aromatic rings. The fraction of sp³-hybridized carbons (Fsp3) is 0.333. The van der Waals surface area contributed by atoms with Gasteiger partial charge < -0.3 is 20.3 Å². The number of hydrogen-bond donors (Lipinski definition) is 3. The van der Waals surface area contributed by atoms with E-state index in [-0.39, 0.29) is 18.4 Å². The van der Waals surface area contributed by atoms with Crippen LogP contribution in [-0.2, 0) is 9.59 Å². The summed E-state index contributed by atoms with van der Waals surface area (Å²) < 4.78 is 5.25. The number of benzene rings is 2. The molecule has 2 rings (SSSR count). The zero-order chi connectivity index (χ0) is 20.8. The Morgan fingerprint density at radius 1 is 1.11 bits per heavy atom. The van der Waals surface area contributed by atoms with Gasteiger partial charge in [0.2, 0.25) is 0 Å². The first-order chi connectivity index (χ1) is 13.2. The van der Waals surface area contributed by atoms with Crippen LogP contribution in [0.15, 0.2) is 36.4 Å². The molecule has 2 atom stereocenters. The van der Waals surface area contributed by atoms with Crippen LogP contribution in [0.3, 0.4) is 0 Å². The highest BCUT2D eigenvalue weighted by Crippen LogP contribution is 2.27. The molecule has 0 aromatic heterocycles. The van der Waals surface area contributed by atoms with Crippen LogP contribution in [0.5, 0.6) is 5.75 Å². The lowest BCUT2D eigenvalue weighted by atomic mass is 10.1. The van der Waals surface area contributed by atoms with E-state index >= 15 is 0 Å². The topological polar surface area (TPSA) is 71.9 Å². The highest BCUT2D eigenvalue weighted by molar-refractivity contribution is 6.31. The van der Waals surface area contributed by atoms with Crippen LogP contribution in [-0.4, -0.2) is 38.6 Å². The molecule has 6 nitrogen and oxygen atoms in total. The maximum absolute atomic E-state index is 12.6. The Balaban J connectivity index is 1.98. The summed E-state index contributed by atoms with van der Waals surface area (Å²) in [5.41, 5.74) is 3.36. The third-order valence-corrected chi connectivity index (χ3v) is 4.89. The molecular formula is C21H27ClN3O3+. The summed E-state index contributed by atoms with van der Waals surface area (Å²) in [4.78, 5) is 25.8. The molecule has 0 aliphatic rings. The number of likely N-dealkylation sites (N-methyl/N-ethyl adjacent to an activating group) is 1. The lowest BCUT2D eigenvalue weighted by Crippen LogP contribution is -3.14. The molecule has 150 valence electrons. The number of ether oxygens (including phenoxy) is 1. The number of amides is 2. The van der Waals surface area contributed by atoms with Gasteiger partial charge in [-0.15, -0.1) is 0 Å². The summed E-state index contributed by atoms with van der Waals surface area (Å²) >= 11 is 6.00. The third-order valence-electron chi connectivity index (χ3n) is 4.66. The first-order valence-electron chi connectivity index (χ1n) is 9.05. The van der Waals surface area contributed by atoms with Crippen molar-refractivity contribution in [2.24, 2.45) is 0 Å². The second kappa shape index (κ2) is 9.57. The van der Waals surface area contributed by atoms with E-state index in [1.807, 2.05) is 39.1 Å². The number of aryl methyl sites for hydroxylation is 2. The Hall–Kier alpha value is -2.57. The van der Waals surface area contributed by atoms with Crippen molar-refractivity contribution in [3.63, 3.8) is 0 Å². The largest absolute Gasteiger partial charge is 0.495 e. The van der Waals surface area contributed by atoms with E-state index in [4.69, 9.17) is 16.3 Å². The minimum atomic E-state index is -0.451. The average molecular weight is 405 g/mol. The van der Waals surface area contributed by atoms with Crippen molar-refractivity contribution in [1.29, 1.82) is 0 Å². The summed E-state index contributed by atoms with van der Waals surface area (Å²) in [6.07, 6.45) is 0. The summed E-state index contributed by atoms with van der Waals surface area (Å²) in [6.45, 7) is 5.85. The van der Waals surface area contributed by atoms with Crippen molar-refractivity contribution in [1.82, 2.24) is 0 Å². The van der Waals surface area contributed by atoms with Gasteiger partial charge in [0.05, 0.1) is 19.8 Å². The number of methoxy groups -OCH3 is 1. The molecule has 0 radical (unpaired) electrons. The first-order valence-corrected chi connectivity index (χ1v) is 9.43. The number of carbonyl (C=O) groups is 2. The van der Waals surface area contributed by atoms with Crippen LogP contribution in [0.4, 0.5) is 11.4 Å². The Kier molecular flexibility index (Phi) is 7.43. The van der Waals surface area contributed by atoms with Crippen molar-refractivity contribution in [3.05, 3.63) is 52.5 Å². The van der Waals surface area contributed by atoms with Crippen LogP contribution < -0.4 is 20.3 Å². The lowest BCUT2D eigenvalue weighted by Gasteiger charge is -2.21. The summed E-state index contributed by atoms with van der Waals surface area (Å²) in [5.74, 6) is 0.152. The Bertz CT molecular complexity index is 870. The molecule has 3 N–H and O–H groups in total. The molecule has 0 saturated heterocycles. The second-order valence-corrected chi connectivity index (χ2v) is 7.38. The molecule has 0 aliphatic heterocycles. The molecule has 2 aromatic carbocycles.